The summed E-state index contributed by atoms with van der Waals surface area (Å²) in [6, 6.07) is 15.9. The number of rotatable bonds is 6. The van der Waals surface area contributed by atoms with Gasteiger partial charge in [-0.3, -0.25) is 15.1 Å². The van der Waals surface area contributed by atoms with Crippen molar-refractivity contribution in [3.8, 4) is 17.4 Å². The Kier molecular flexibility index (Phi) is 4.85. The molecule has 0 amide bonds. The third-order valence-corrected chi connectivity index (χ3v) is 4.13. The molecule has 4 rings (SSSR count). The Morgan fingerprint density at radius 3 is 2.55 bits per heavy atom. The molecule has 0 saturated heterocycles. The molecule has 0 bridgehead atoms. The van der Waals surface area contributed by atoms with Gasteiger partial charge in [0.05, 0.1) is 12.0 Å². The van der Waals surface area contributed by atoms with Gasteiger partial charge in [0.2, 0.25) is 5.82 Å². The normalized spacial score (nSPS) is 10.5. The Hall–Kier alpha value is -4.27. The van der Waals surface area contributed by atoms with E-state index in [9.17, 15) is 10.1 Å². The van der Waals surface area contributed by atoms with E-state index in [-0.39, 0.29) is 17.4 Å². The van der Waals surface area contributed by atoms with Crippen molar-refractivity contribution in [2.24, 2.45) is 0 Å². The maximum absolute atomic E-state index is 11.8. The van der Waals surface area contributed by atoms with Crippen molar-refractivity contribution in [2.75, 3.05) is 12.4 Å². The third kappa shape index (κ3) is 3.74. The van der Waals surface area contributed by atoms with Gasteiger partial charge in [-0.25, -0.2) is 4.98 Å². The molecule has 0 unspecified atom stereocenters. The van der Waals surface area contributed by atoms with E-state index in [1.165, 1.54) is 6.33 Å². The molecule has 0 fully saturated rings. The van der Waals surface area contributed by atoms with E-state index in [1.54, 1.807) is 55.8 Å². The first-order valence-corrected chi connectivity index (χ1v) is 8.58. The molecule has 2 aromatic carbocycles. The Morgan fingerprint density at radius 1 is 1.00 bits per heavy atom. The van der Waals surface area contributed by atoms with E-state index in [2.05, 4.69) is 20.3 Å². The van der Waals surface area contributed by atoms with Crippen LogP contribution in [0.25, 0.3) is 10.9 Å². The van der Waals surface area contributed by atoms with Gasteiger partial charge in [0.1, 0.15) is 17.6 Å². The number of aromatic nitrogens is 3. The second-order valence-electron chi connectivity index (χ2n) is 5.92. The lowest BCUT2D eigenvalue weighted by Gasteiger charge is -2.10. The van der Waals surface area contributed by atoms with Gasteiger partial charge in [-0.15, -0.1) is 0 Å². The highest BCUT2D eigenvalue weighted by atomic mass is 16.6. The number of para-hydroxylation sites is 1. The number of methoxy groups -OCH3 is 1. The fourth-order valence-electron chi connectivity index (χ4n) is 2.77. The number of pyridine rings is 1. The van der Waals surface area contributed by atoms with E-state index in [1.807, 2.05) is 12.1 Å². The van der Waals surface area contributed by atoms with Crippen molar-refractivity contribution in [3.63, 3.8) is 0 Å². The topological polar surface area (TPSA) is 112 Å². The minimum Gasteiger partial charge on any atom is -0.497 e. The van der Waals surface area contributed by atoms with Crippen molar-refractivity contribution in [3.05, 3.63) is 77.2 Å². The van der Waals surface area contributed by atoms with Crippen molar-refractivity contribution >= 4 is 28.1 Å². The fraction of sp³-hybridized carbons (Fsp3) is 0.0500. The zero-order valence-corrected chi connectivity index (χ0v) is 15.3. The van der Waals surface area contributed by atoms with Crippen LogP contribution in [0.3, 0.4) is 0 Å². The summed E-state index contributed by atoms with van der Waals surface area (Å²) in [6.45, 7) is 0. The minimum absolute atomic E-state index is 0.0124. The minimum atomic E-state index is -0.584. The van der Waals surface area contributed by atoms with Crippen LogP contribution in [0.15, 0.2) is 67.1 Å². The Balaban J connectivity index is 1.72. The van der Waals surface area contributed by atoms with Gasteiger partial charge < -0.3 is 14.8 Å². The van der Waals surface area contributed by atoms with Gasteiger partial charge in [0, 0.05) is 17.3 Å². The van der Waals surface area contributed by atoms with Crippen molar-refractivity contribution < 1.29 is 14.4 Å². The van der Waals surface area contributed by atoms with Gasteiger partial charge in [-0.1, -0.05) is 18.2 Å². The molecule has 0 spiro atoms. The smallest absolute Gasteiger partial charge is 0.373 e. The van der Waals surface area contributed by atoms with Crippen LogP contribution in [0.5, 0.6) is 17.4 Å². The first-order chi connectivity index (χ1) is 14.2. The summed E-state index contributed by atoms with van der Waals surface area (Å²) in [4.78, 5) is 23.4. The highest BCUT2D eigenvalue weighted by Crippen LogP contribution is 2.37. The molecule has 0 saturated carbocycles. The van der Waals surface area contributed by atoms with E-state index in [0.29, 0.717) is 22.7 Å². The molecule has 0 aliphatic heterocycles. The number of ether oxygens (including phenoxy) is 2. The molecule has 0 aliphatic carbocycles. The summed E-state index contributed by atoms with van der Waals surface area (Å²) >= 11 is 0. The summed E-state index contributed by atoms with van der Waals surface area (Å²) in [5.74, 6) is 0.859. The first-order valence-electron chi connectivity index (χ1n) is 8.58. The second kappa shape index (κ2) is 7.77. The van der Waals surface area contributed by atoms with Crippen LogP contribution >= 0.6 is 0 Å². The first kappa shape index (κ1) is 18.1. The zero-order chi connectivity index (χ0) is 20.2. The zero-order valence-electron chi connectivity index (χ0n) is 15.3. The molecule has 29 heavy (non-hydrogen) atoms. The number of nitro groups is 1. The average Bonchev–Trinajstić information content (AvgIpc) is 2.74. The standard InChI is InChI=1S/C20H15N5O4/c1-28-15-9-7-14(8-10-15)24-19-18(25(26)27)20(23-12-22-19)29-16-6-2-4-13-5-3-11-21-17(13)16/h2-12H,1H3,(H,22,23,24). The highest BCUT2D eigenvalue weighted by molar-refractivity contribution is 5.84. The molecule has 2 aromatic heterocycles. The number of anilines is 2. The van der Waals surface area contributed by atoms with Gasteiger partial charge in [-0.05, 0) is 36.4 Å². The third-order valence-electron chi connectivity index (χ3n) is 4.13. The quantitative estimate of drug-likeness (QED) is 0.379. The molecule has 0 radical (unpaired) electrons. The van der Waals surface area contributed by atoms with Crippen molar-refractivity contribution in [2.45, 2.75) is 0 Å². The average molecular weight is 389 g/mol. The number of fused-ring (bicyclic) bond motifs is 1. The monoisotopic (exact) mass is 389 g/mol. The Morgan fingerprint density at radius 2 is 1.79 bits per heavy atom. The van der Waals surface area contributed by atoms with Crippen molar-refractivity contribution in [1.29, 1.82) is 0 Å². The number of benzene rings is 2. The number of nitrogens with zero attached hydrogens (tertiary/aromatic N) is 4. The van der Waals surface area contributed by atoms with E-state index in [4.69, 9.17) is 9.47 Å². The van der Waals surface area contributed by atoms with Gasteiger partial charge in [0.25, 0.3) is 0 Å². The molecule has 0 atom stereocenters. The maximum Gasteiger partial charge on any atom is 0.373 e. The maximum atomic E-state index is 11.8. The molecular weight excluding hydrogens is 374 g/mol. The van der Waals surface area contributed by atoms with Crippen LogP contribution in [-0.4, -0.2) is 27.0 Å². The van der Waals surface area contributed by atoms with Gasteiger partial charge in [-0.2, -0.15) is 4.98 Å². The molecule has 0 aliphatic rings. The largest absolute Gasteiger partial charge is 0.497 e. The van der Waals surface area contributed by atoms with Crippen molar-refractivity contribution in [1.82, 2.24) is 15.0 Å². The Labute approximate surface area is 165 Å². The molecular formula is C20H15N5O4. The molecule has 144 valence electrons. The summed E-state index contributed by atoms with van der Waals surface area (Å²) in [5, 5.41) is 15.5. The van der Waals surface area contributed by atoms with Crippen LogP contribution in [-0.2, 0) is 0 Å². The number of hydrogen-bond donors (Lipinski definition) is 1. The molecule has 1 N–H and O–H groups in total. The number of nitrogens with one attached hydrogen (secondary N) is 1. The summed E-state index contributed by atoms with van der Waals surface area (Å²) < 4.78 is 10.9. The highest BCUT2D eigenvalue weighted by Gasteiger charge is 2.25. The van der Waals surface area contributed by atoms with E-state index < -0.39 is 4.92 Å². The molecule has 9 heteroatoms. The lowest BCUT2D eigenvalue weighted by molar-refractivity contribution is -0.385. The van der Waals surface area contributed by atoms with Gasteiger partial charge in [0.15, 0.2) is 5.75 Å². The summed E-state index contributed by atoms with van der Waals surface area (Å²) in [6.07, 6.45) is 2.83. The molecule has 9 nitrogen and oxygen atoms in total. The lowest BCUT2D eigenvalue weighted by Crippen LogP contribution is -2.03. The van der Waals surface area contributed by atoms with Crippen LogP contribution in [0.2, 0.25) is 0 Å². The van der Waals surface area contributed by atoms with E-state index >= 15 is 0 Å². The van der Waals surface area contributed by atoms with Crippen LogP contribution < -0.4 is 14.8 Å². The lowest BCUT2D eigenvalue weighted by atomic mass is 10.2. The fourth-order valence-corrected chi connectivity index (χ4v) is 2.77. The predicted molar refractivity (Wildman–Crippen MR) is 107 cm³/mol. The molecule has 4 aromatic rings. The Bertz CT molecular complexity index is 1180. The van der Waals surface area contributed by atoms with Crippen LogP contribution in [0.4, 0.5) is 17.2 Å². The van der Waals surface area contributed by atoms with Crippen LogP contribution in [0.1, 0.15) is 0 Å². The second-order valence-corrected chi connectivity index (χ2v) is 5.92. The summed E-state index contributed by atoms with van der Waals surface area (Å²) in [7, 11) is 1.56. The predicted octanol–water partition coefficient (Wildman–Crippen LogP) is 4.48. The van der Waals surface area contributed by atoms with Crippen LogP contribution in [0, 0.1) is 10.1 Å². The molecule has 2 heterocycles. The summed E-state index contributed by atoms with van der Waals surface area (Å²) in [5.41, 5.74) is 0.800. The SMILES string of the molecule is COc1ccc(Nc2ncnc(Oc3cccc4cccnc34)c2[N+](=O)[O-])cc1. The van der Waals surface area contributed by atoms with E-state index in [0.717, 1.165) is 5.39 Å². The van der Waals surface area contributed by atoms with Gasteiger partial charge >= 0.3 is 11.6 Å². The number of hydrogen-bond acceptors (Lipinski definition) is 8.